The van der Waals surface area contributed by atoms with Crippen LogP contribution >= 0.6 is 0 Å². The van der Waals surface area contributed by atoms with Crippen molar-refractivity contribution in [2.75, 3.05) is 0 Å². The van der Waals surface area contributed by atoms with E-state index in [0.29, 0.717) is 24.8 Å². The molecule has 0 saturated carbocycles. The van der Waals surface area contributed by atoms with Crippen LogP contribution < -0.4 is 10.9 Å². The maximum Gasteiger partial charge on any atom is 0.281 e. The molecule has 4 aromatic rings. The molecule has 0 aliphatic rings. The molecular weight excluding hydrogens is 400 g/mol. The van der Waals surface area contributed by atoms with Crippen molar-refractivity contribution >= 4 is 16.7 Å². The number of carbonyl (C=O) groups is 1. The van der Waals surface area contributed by atoms with Crippen LogP contribution in [0.25, 0.3) is 16.5 Å². The van der Waals surface area contributed by atoms with E-state index in [1.807, 2.05) is 81.4 Å². The molecule has 2 aromatic carbocycles. The van der Waals surface area contributed by atoms with E-state index in [1.165, 1.54) is 4.68 Å². The molecule has 0 spiro atoms. The zero-order valence-electron chi connectivity index (χ0n) is 18.7. The van der Waals surface area contributed by atoms with Gasteiger partial charge in [0.1, 0.15) is 0 Å². The molecule has 0 aliphatic carbocycles. The average Bonchev–Trinajstić information content (AvgIpc) is 3.05. The Hall–Kier alpha value is -3.67. The van der Waals surface area contributed by atoms with Crippen molar-refractivity contribution in [3.05, 3.63) is 94.2 Å². The van der Waals surface area contributed by atoms with Crippen molar-refractivity contribution in [2.45, 2.75) is 46.2 Å². The van der Waals surface area contributed by atoms with Gasteiger partial charge in [-0.3, -0.25) is 9.59 Å². The van der Waals surface area contributed by atoms with Crippen LogP contribution in [0, 0.1) is 13.8 Å². The second-order valence-electron chi connectivity index (χ2n) is 8.11. The van der Waals surface area contributed by atoms with Crippen molar-refractivity contribution in [3.8, 4) is 5.69 Å². The minimum atomic E-state index is -0.123. The summed E-state index contributed by atoms with van der Waals surface area (Å²) in [5.41, 5.74) is 3.62. The summed E-state index contributed by atoms with van der Waals surface area (Å²) < 4.78 is 3.56. The zero-order valence-corrected chi connectivity index (χ0v) is 18.7. The number of hydrogen-bond donors (Lipinski definition) is 1. The van der Waals surface area contributed by atoms with Crippen LogP contribution in [0.15, 0.2) is 71.7 Å². The highest BCUT2D eigenvalue weighted by Gasteiger charge is 2.17. The Labute approximate surface area is 187 Å². The lowest BCUT2D eigenvalue weighted by molar-refractivity contribution is -0.121. The normalized spacial score (nSPS) is 12.1. The van der Waals surface area contributed by atoms with Crippen LogP contribution in [-0.2, 0) is 11.3 Å². The van der Waals surface area contributed by atoms with E-state index in [9.17, 15) is 9.59 Å². The molecule has 2 aromatic heterocycles. The summed E-state index contributed by atoms with van der Waals surface area (Å²) in [5.74, 6) is 0.0291. The molecule has 4 rings (SSSR count). The van der Waals surface area contributed by atoms with Crippen LogP contribution in [0.4, 0.5) is 0 Å². The lowest BCUT2D eigenvalue weighted by Gasteiger charge is -2.15. The molecule has 32 heavy (non-hydrogen) atoms. The fourth-order valence-corrected chi connectivity index (χ4v) is 4.23. The third-order valence-corrected chi connectivity index (χ3v) is 6.00. The van der Waals surface area contributed by atoms with E-state index in [0.717, 1.165) is 28.0 Å². The number of fused-ring (bicyclic) bond motifs is 1. The average molecular weight is 429 g/mol. The molecule has 0 fully saturated rings. The standard InChI is InChI=1S/C26H28N4O2/c1-18(21-11-6-4-7-12-21)28-24(31)15-10-16-29-19(2)23-17-27-30(22-13-8-5-9-14-22)26(32)25(23)20(29)3/h4-9,11-14,17-18H,10,15-16H2,1-3H3,(H,28,31). The topological polar surface area (TPSA) is 68.9 Å². The van der Waals surface area contributed by atoms with E-state index in [4.69, 9.17) is 0 Å². The highest BCUT2D eigenvalue weighted by molar-refractivity contribution is 5.87. The van der Waals surface area contributed by atoms with Gasteiger partial charge in [-0.15, -0.1) is 0 Å². The van der Waals surface area contributed by atoms with Crippen molar-refractivity contribution in [1.82, 2.24) is 19.7 Å². The summed E-state index contributed by atoms with van der Waals surface area (Å²) in [4.78, 5) is 25.6. The predicted molar refractivity (Wildman–Crippen MR) is 127 cm³/mol. The van der Waals surface area contributed by atoms with E-state index in [2.05, 4.69) is 15.0 Å². The summed E-state index contributed by atoms with van der Waals surface area (Å²) in [6.07, 6.45) is 2.88. The first kappa shape index (κ1) is 21.6. The lowest BCUT2D eigenvalue weighted by atomic mass is 10.1. The Morgan fingerprint density at radius 1 is 1.00 bits per heavy atom. The summed E-state index contributed by atoms with van der Waals surface area (Å²) in [7, 11) is 0. The molecule has 0 aliphatic heterocycles. The fourth-order valence-electron chi connectivity index (χ4n) is 4.23. The SMILES string of the molecule is Cc1c2cnn(-c3ccccc3)c(=O)c2c(C)n1CCCC(=O)NC(C)c1ccccc1. The number of aryl methyl sites for hydroxylation is 2. The van der Waals surface area contributed by atoms with Gasteiger partial charge in [0, 0.05) is 29.7 Å². The second kappa shape index (κ2) is 9.22. The fraction of sp³-hybridized carbons (Fsp3) is 0.269. The smallest absolute Gasteiger partial charge is 0.281 e. The largest absolute Gasteiger partial charge is 0.350 e. The van der Waals surface area contributed by atoms with Gasteiger partial charge in [0.15, 0.2) is 0 Å². The maximum atomic E-state index is 13.2. The van der Waals surface area contributed by atoms with Gasteiger partial charge in [-0.1, -0.05) is 48.5 Å². The number of rotatable bonds is 7. The Kier molecular flexibility index (Phi) is 6.21. The Morgan fingerprint density at radius 2 is 1.66 bits per heavy atom. The van der Waals surface area contributed by atoms with Gasteiger partial charge >= 0.3 is 0 Å². The monoisotopic (exact) mass is 428 g/mol. The lowest BCUT2D eigenvalue weighted by Crippen LogP contribution is -2.26. The third kappa shape index (κ3) is 4.21. The second-order valence-corrected chi connectivity index (χ2v) is 8.11. The number of nitrogens with one attached hydrogen (secondary N) is 1. The number of aromatic nitrogens is 3. The molecule has 1 N–H and O–H groups in total. The molecule has 164 valence electrons. The number of amides is 1. The number of hydrogen-bond acceptors (Lipinski definition) is 3. The summed E-state index contributed by atoms with van der Waals surface area (Å²) >= 11 is 0. The van der Waals surface area contributed by atoms with E-state index in [-0.39, 0.29) is 17.5 Å². The number of para-hydroxylation sites is 1. The quantitative estimate of drug-likeness (QED) is 0.472. The molecule has 0 radical (unpaired) electrons. The molecule has 2 heterocycles. The zero-order chi connectivity index (χ0) is 22.7. The Morgan fingerprint density at radius 3 is 2.34 bits per heavy atom. The molecule has 1 unspecified atom stereocenters. The molecule has 0 bridgehead atoms. The number of benzene rings is 2. The van der Waals surface area contributed by atoms with Crippen molar-refractivity contribution < 1.29 is 4.79 Å². The van der Waals surface area contributed by atoms with Crippen molar-refractivity contribution in [3.63, 3.8) is 0 Å². The molecule has 1 amide bonds. The van der Waals surface area contributed by atoms with Gasteiger partial charge < -0.3 is 9.88 Å². The minimum absolute atomic E-state index is 0.0242. The molecule has 6 nitrogen and oxygen atoms in total. The van der Waals surface area contributed by atoms with Gasteiger partial charge in [-0.25, -0.2) is 0 Å². The molecular formula is C26H28N4O2. The van der Waals surface area contributed by atoms with Crippen LogP contribution in [0.2, 0.25) is 0 Å². The highest BCUT2D eigenvalue weighted by atomic mass is 16.1. The van der Waals surface area contributed by atoms with Gasteiger partial charge in [0.25, 0.3) is 5.56 Å². The first-order valence-corrected chi connectivity index (χ1v) is 10.9. The third-order valence-electron chi connectivity index (χ3n) is 6.00. The van der Waals surface area contributed by atoms with Gasteiger partial charge in [-0.05, 0) is 44.9 Å². The molecule has 1 atom stereocenters. The first-order valence-electron chi connectivity index (χ1n) is 10.9. The number of carbonyl (C=O) groups excluding carboxylic acids is 1. The van der Waals surface area contributed by atoms with Crippen LogP contribution in [0.3, 0.4) is 0 Å². The van der Waals surface area contributed by atoms with Crippen molar-refractivity contribution in [2.24, 2.45) is 0 Å². The molecule has 0 saturated heterocycles. The number of nitrogens with zero attached hydrogens (tertiary/aromatic N) is 3. The van der Waals surface area contributed by atoms with Gasteiger partial charge in [-0.2, -0.15) is 9.78 Å². The maximum absolute atomic E-state index is 13.2. The minimum Gasteiger partial charge on any atom is -0.350 e. The first-order chi connectivity index (χ1) is 15.5. The Bertz CT molecular complexity index is 1290. The van der Waals surface area contributed by atoms with Gasteiger partial charge in [0.05, 0.1) is 23.3 Å². The summed E-state index contributed by atoms with van der Waals surface area (Å²) in [6, 6.07) is 19.3. The van der Waals surface area contributed by atoms with Crippen LogP contribution in [-0.4, -0.2) is 20.3 Å². The summed E-state index contributed by atoms with van der Waals surface area (Å²) in [6.45, 7) is 6.62. The van der Waals surface area contributed by atoms with Crippen LogP contribution in [0.1, 0.15) is 42.8 Å². The van der Waals surface area contributed by atoms with E-state index < -0.39 is 0 Å². The van der Waals surface area contributed by atoms with Crippen LogP contribution in [0.5, 0.6) is 0 Å². The highest BCUT2D eigenvalue weighted by Crippen LogP contribution is 2.23. The Balaban J connectivity index is 1.48. The van der Waals surface area contributed by atoms with E-state index >= 15 is 0 Å². The van der Waals surface area contributed by atoms with Gasteiger partial charge in [0.2, 0.25) is 5.91 Å². The molecule has 6 heteroatoms. The van der Waals surface area contributed by atoms with Crippen molar-refractivity contribution in [1.29, 1.82) is 0 Å². The predicted octanol–water partition coefficient (Wildman–Crippen LogP) is 4.46. The van der Waals surface area contributed by atoms with E-state index in [1.54, 1.807) is 6.20 Å². The summed E-state index contributed by atoms with van der Waals surface area (Å²) in [5, 5.41) is 9.00.